The van der Waals surface area contributed by atoms with E-state index in [0.29, 0.717) is 16.5 Å². The van der Waals surface area contributed by atoms with Gasteiger partial charge in [-0.25, -0.2) is 13.4 Å². The molecule has 1 heterocycles. The van der Waals surface area contributed by atoms with Crippen molar-refractivity contribution in [2.45, 2.75) is 6.92 Å². The second-order valence-corrected chi connectivity index (χ2v) is 6.58. The minimum Gasteiger partial charge on any atom is -0.340 e. The van der Waals surface area contributed by atoms with Gasteiger partial charge >= 0.3 is 0 Å². The van der Waals surface area contributed by atoms with E-state index in [4.69, 9.17) is 11.6 Å². The third-order valence-corrected chi connectivity index (χ3v) is 3.36. The van der Waals surface area contributed by atoms with Gasteiger partial charge in [0, 0.05) is 10.7 Å². The molecule has 0 atom stereocenters. The molecule has 0 radical (unpaired) electrons. The number of anilines is 3. The van der Waals surface area contributed by atoms with Crippen molar-refractivity contribution in [3.8, 4) is 0 Å². The minimum absolute atomic E-state index is 0.422. The molecule has 0 bridgehead atoms. The lowest BCUT2D eigenvalue weighted by molar-refractivity contribution is 0.607. The number of halogens is 1. The molecule has 1 aromatic carbocycles. The predicted molar refractivity (Wildman–Crippen MR) is 82.2 cm³/mol. The molecule has 0 aliphatic rings. The Hall–Kier alpha value is -1.79. The number of sulfonamides is 1. The van der Waals surface area contributed by atoms with Crippen molar-refractivity contribution in [3.05, 3.63) is 47.1 Å². The summed E-state index contributed by atoms with van der Waals surface area (Å²) >= 11 is 5.89. The average Bonchev–Trinajstić information content (AvgIpc) is 2.33. The molecule has 0 saturated carbocycles. The fourth-order valence-electron chi connectivity index (χ4n) is 1.65. The lowest BCUT2D eigenvalue weighted by atomic mass is 10.2. The second-order valence-electron chi connectivity index (χ2n) is 4.39. The first-order valence-corrected chi connectivity index (χ1v) is 8.07. The standard InChI is InChI=1S/C13H14ClN3O2S/c1-9-7-10(14)3-5-12(9)16-13-6-4-11(8-15-13)17-20(2,18)19/h3-8,17H,1-2H3,(H,15,16). The smallest absolute Gasteiger partial charge is 0.229 e. The van der Waals surface area contributed by atoms with Crippen LogP contribution in [0.25, 0.3) is 0 Å². The van der Waals surface area contributed by atoms with Crippen molar-refractivity contribution in [2.75, 3.05) is 16.3 Å². The molecule has 0 fully saturated rings. The summed E-state index contributed by atoms with van der Waals surface area (Å²) in [4.78, 5) is 4.15. The summed E-state index contributed by atoms with van der Waals surface area (Å²) in [5.41, 5.74) is 2.31. The summed E-state index contributed by atoms with van der Waals surface area (Å²) in [6.07, 6.45) is 2.55. The van der Waals surface area contributed by atoms with E-state index in [2.05, 4.69) is 15.0 Å². The molecule has 0 saturated heterocycles. The predicted octanol–water partition coefficient (Wildman–Crippen LogP) is 3.16. The maximum absolute atomic E-state index is 11.1. The molecule has 2 N–H and O–H groups in total. The lowest BCUT2D eigenvalue weighted by Gasteiger charge is -2.10. The summed E-state index contributed by atoms with van der Waals surface area (Å²) in [5.74, 6) is 0.620. The van der Waals surface area contributed by atoms with Crippen molar-refractivity contribution >= 4 is 38.8 Å². The van der Waals surface area contributed by atoms with Crippen molar-refractivity contribution in [1.82, 2.24) is 4.98 Å². The van der Waals surface area contributed by atoms with Gasteiger partial charge in [-0.15, -0.1) is 0 Å². The number of nitrogens with zero attached hydrogens (tertiary/aromatic N) is 1. The Bertz CT molecular complexity index is 715. The Morgan fingerprint density at radius 3 is 2.50 bits per heavy atom. The van der Waals surface area contributed by atoms with Crippen LogP contribution in [-0.4, -0.2) is 19.7 Å². The van der Waals surface area contributed by atoms with Crippen molar-refractivity contribution in [2.24, 2.45) is 0 Å². The third-order valence-electron chi connectivity index (χ3n) is 2.52. The number of aromatic nitrogens is 1. The van der Waals surface area contributed by atoms with Gasteiger partial charge in [0.15, 0.2) is 0 Å². The monoisotopic (exact) mass is 311 g/mol. The summed E-state index contributed by atoms with van der Waals surface area (Å²) < 4.78 is 24.5. The van der Waals surface area contributed by atoms with E-state index < -0.39 is 10.0 Å². The maximum atomic E-state index is 11.1. The quantitative estimate of drug-likeness (QED) is 0.910. The van der Waals surface area contributed by atoms with Gasteiger partial charge in [-0.3, -0.25) is 4.72 Å². The molecular formula is C13H14ClN3O2S. The Morgan fingerprint density at radius 1 is 1.20 bits per heavy atom. The molecule has 1 aromatic heterocycles. The fraction of sp³-hybridized carbons (Fsp3) is 0.154. The van der Waals surface area contributed by atoms with Gasteiger partial charge in [0.2, 0.25) is 10.0 Å². The van der Waals surface area contributed by atoms with Crippen LogP contribution >= 0.6 is 11.6 Å². The third kappa shape index (κ3) is 4.11. The van der Waals surface area contributed by atoms with Crippen LogP contribution in [0.15, 0.2) is 36.5 Å². The van der Waals surface area contributed by atoms with Gasteiger partial charge < -0.3 is 5.32 Å². The first kappa shape index (κ1) is 14.6. The largest absolute Gasteiger partial charge is 0.340 e. The molecule has 0 aliphatic carbocycles. The highest BCUT2D eigenvalue weighted by atomic mass is 35.5. The van der Waals surface area contributed by atoms with Gasteiger partial charge in [-0.1, -0.05) is 11.6 Å². The van der Waals surface area contributed by atoms with Gasteiger partial charge in [-0.2, -0.15) is 0 Å². The molecule has 2 rings (SSSR count). The fourth-order valence-corrected chi connectivity index (χ4v) is 2.42. The normalized spacial score (nSPS) is 11.2. The summed E-state index contributed by atoms with van der Waals surface area (Å²) in [6, 6.07) is 8.84. The highest BCUT2D eigenvalue weighted by Crippen LogP contribution is 2.23. The van der Waals surface area contributed by atoms with E-state index in [1.54, 1.807) is 18.2 Å². The Kier molecular flexibility index (Phi) is 4.15. The van der Waals surface area contributed by atoms with Gasteiger partial charge in [0.05, 0.1) is 18.1 Å². The molecular weight excluding hydrogens is 298 g/mol. The Labute approximate surface area is 123 Å². The van der Waals surface area contributed by atoms with E-state index in [1.807, 2.05) is 19.1 Å². The number of nitrogens with one attached hydrogen (secondary N) is 2. The highest BCUT2D eigenvalue weighted by molar-refractivity contribution is 7.92. The lowest BCUT2D eigenvalue weighted by Crippen LogP contribution is -2.09. The summed E-state index contributed by atoms with van der Waals surface area (Å²) in [5, 5.41) is 3.82. The molecule has 0 unspecified atom stereocenters. The number of rotatable bonds is 4. The van der Waals surface area contributed by atoms with Crippen LogP contribution in [0.3, 0.4) is 0 Å². The van der Waals surface area contributed by atoms with E-state index >= 15 is 0 Å². The van der Waals surface area contributed by atoms with Crippen LogP contribution in [0.2, 0.25) is 5.02 Å². The van der Waals surface area contributed by atoms with Gasteiger partial charge in [-0.05, 0) is 42.8 Å². The molecule has 0 aliphatic heterocycles. The van der Waals surface area contributed by atoms with Crippen molar-refractivity contribution in [1.29, 1.82) is 0 Å². The van der Waals surface area contributed by atoms with E-state index in [9.17, 15) is 8.42 Å². The highest BCUT2D eigenvalue weighted by Gasteiger charge is 2.04. The van der Waals surface area contributed by atoms with E-state index in [1.165, 1.54) is 6.20 Å². The van der Waals surface area contributed by atoms with Crippen molar-refractivity contribution < 1.29 is 8.42 Å². The molecule has 0 spiro atoms. The molecule has 7 heteroatoms. The van der Waals surface area contributed by atoms with Crippen LogP contribution in [0.4, 0.5) is 17.2 Å². The molecule has 20 heavy (non-hydrogen) atoms. The van der Waals surface area contributed by atoms with Crippen LogP contribution in [-0.2, 0) is 10.0 Å². The number of aryl methyl sites for hydroxylation is 1. The SMILES string of the molecule is Cc1cc(Cl)ccc1Nc1ccc(NS(C)(=O)=O)cn1. The number of hydrogen-bond donors (Lipinski definition) is 2. The number of pyridine rings is 1. The van der Waals surface area contributed by atoms with Gasteiger partial charge in [0.25, 0.3) is 0 Å². The number of hydrogen-bond acceptors (Lipinski definition) is 4. The van der Waals surface area contributed by atoms with Gasteiger partial charge in [0.1, 0.15) is 5.82 Å². The summed E-state index contributed by atoms with van der Waals surface area (Å²) in [6.45, 7) is 1.94. The molecule has 106 valence electrons. The topological polar surface area (TPSA) is 71.1 Å². The van der Waals surface area contributed by atoms with Crippen LogP contribution in [0, 0.1) is 6.92 Å². The van der Waals surface area contributed by atoms with E-state index in [-0.39, 0.29) is 0 Å². The van der Waals surface area contributed by atoms with Crippen LogP contribution in [0.5, 0.6) is 0 Å². The van der Waals surface area contributed by atoms with E-state index in [0.717, 1.165) is 17.5 Å². The first-order chi connectivity index (χ1) is 9.33. The molecule has 0 amide bonds. The van der Waals surface area contributed by atoms with Crippen LogP contribution in [0.1, 0.15) is 5.56 Å². The first-order valence-electron chi connectivity index (χ1n) is 5.80. The average molecular weight is 312 g/mol. The Balaban J connectivity index is 2.14. The van der Waals surface area contributed by atoms with Crippen LogP contribution < -0.4 is 10.0 Å². The summed E-state index contributed by atoms with van der Waals surface area (Å²) in [7, 11) is -3.29. The maximum Gasteiger partial charge on any atom is 0.229 e. The zero-order valence-corrected chi connectivity index (χ0v) is 12.6. The minimum atomic E-state index is -3.29. The number of benzene rings is 1. The van der Waals surface area contributed by atoms with Crippen molar-refractivity contribution in [3.63, 3.8) is 0 Å². The zero-order valence-electron chi connectivity index (χ0n) is 11.0. The zero-order chi connectivity index (χ0) is 14.8. The Morgan fingerprint density at radius 2 is 1.95 bits per heavy atom. The second kappa shape index (κ2) is 5.68. The molecule has 5 nitrogen and oxygen atoms in total. The molecule has 2 aromatic rings.